The maximum Gasteiger partial charge on any atom is 0.0594 e. The van der Waals surface area contributed by atoms with Crippen molar-refractivity contribution >= 4 is 0 Å². The van der Waals surface area contributed by atoms with Gasteiger partial charge in [-0.25, -0.2) is 0 Å². The molecule has 0 saturated heterocycles. The zero-order valence-corrected chi connectivity index (χ0v) is 13.7. The Morgan fingerprint density at radius 2 is 1.63 bits per heavy atom. The van der Waals surface area contributed by atoms with E-state index in [1.807, 2.05) is 0 Å². The first-order chi connectivity index (χ1) is 8.97. The maximum atomic E-state index is 6.04. The van der Waals surface area contributed by atoms with Gasteiger partial charge in [-0.3, -0.25) is 0 Å². The summed E-state index contributed by atoms with van der Waals surface area (Å²) in [4.78, 5) is 0. The first-order valence-corrected chi connectivity index (χ1v) is 8.32. The van der Waals surface area contributed by atoms with E-state index in [0.29, 0.717) is 12.1 Å². The van der Waals surface area contributed by atoms with E-state index in [2.05, 4.69) is 39.9 Å². The molecule has 1 aliphatic carbocycles. The molecule has 1 fully saturated rings. The summed E-state index contributed by atoms with van der Waals surface area (Å²) in [6, 6.07) is 0.621. The molecule has 0 aromatic rings. The Labute approximate surface area is 120 Å². The fraction of sp³-hybridized carbons (Fsp3) is 1.00. The third-order valence-electron chi connectivity index (χ3n) is 4.26. The molecule has 19 heavy (non-hydrogen) atoms. The van der Waals surface area contributed by atoms with Crippen LogP contribution in [0, 0.1) is 17.8 Å². The Bertz CT molecular complexity index is 219. The van der Waals surface area contributed by atoms with Gasteiger partial charge in [-0.1, -0.05) is 27.7 Å². The predicted molar refractivity (Wildman–Crippen MR) is 83.5 cm³/mol. The Kier molecular flexibility index (Phi) is 8.01. The van der Waals surface area contributed by atoms with Crippen molar-refractivity contribution in [1.29, 1.82) is 0 Å². The summed E-state index contributed by atoms with van der Waals surface area (Å²) in [6.45, 7) is 13.5. The standard InChI is InChI=1S/C17H35NO/c1-13(2)6-7-16(5)18-8-9-19-17-11-14(3)10-15(4)12-17/h13-18H,6-12H2,1-5H3. The van der Waals surface area contributed by atoms with Gasteiger partial charge in [0.2, 0.25) is 0 Å². The molecule has 0 aromatic heterocycles. The number of ether oxygens (including phenoxy) is 1. The van der Waals surface area contributed by atoms with Crippen molar-refractivity contribution in [2.24, 2.45) is 17.8 Å². The van der Waals surface area contributed by atoms with Crippen molar-refractivity contribution in [2.75, 3.05) is 13.2 Å². The normalized spacial score (nSPS) is 29.7. The summed E-state index contributed by atoms with van der Waals surface area (Å²) in [7, 11) is 0. The van der Waals surface area contributed by atoms with E-state index in [-0.39, 0.29) is 0 Å². The second-order valence-electron chi connectivity index (χ2n) is 7.24. The van der Waals surface area contributed by atoms with E-state index in [4.69, 9.17) is 4.74 Å². The number of hydrogen-bond acceptors (Lipinski definition) is 2. The number of hydrogen-bond donors (Lipinski definition) is 1. The van der Waals surface area contributed by atoms with Crippen LogP contribution in [0.4, 0.5) is 0 Å². The minimum atomic E-state index is 0.506. The first kappa shape index (κ1) is 17.0. The lowest BCUT2D eigenvalue weighted by molar-refractivity contribution is 0.00205. The van der Waals surface area contributed by atoms with E-state index in [1.165, 1.54) is 32.1 Å². The minimum absolute atomic E-state index is 0.506. The second kappa shape index (κ2) is 8.97. The highest BCUT2D eigenvalue weighted by atomic mass is 16.5. The van der Waals surface area contributed by atoms with Gasteiger partial charge in [0.25, 0.3) is 0 Å². The second-order valence-corrected chi connectivity index (χ2v) is 7.24. The van der Waals surface area contributed by atoms with Crippen LogP contribution < -0.4 is 5.32 Å². The van der Waals surface area contributed by atoms with Crippen LogP contribution in [0.1, 0.15) is 66.7 Å². The van der Waals surface area contributed by atoms with Gasteiger partial charge in [0.1, 0.15) is 0 Å². The molecule has 114 valence electrons. The fourth-order valence-corrected chi connectivity index (χ4v) is 3.23. The molecule has 3 atom stereocenters. The SMILES string of the molecule is CC(C)CCC(C)NCCOC1CC(C)CC(C)C1. The van der Waals surface area contributed by atoms with Gasteiger partial charge in [0, 0.05) is 12.6 Å². The van der Waals surface area contributed by atoms with E-state index in [1.54, 1.807) is 0 Å². The van der Waals surface area contributed by atoms with E-state index < -0.39 is 0 Å². The highest BCUT2D eigenvalue weighted by molar-refractivity contribution is 4.75. The van der Waals surface area contributed by atoms with Crippen LogP contribution in [-0.4, -0.2) is 25.3 Å². The molecular weight excluding hydrogens is 234 g/mol. The smallest absolute Gasteiger partial charge is 0.0594 e. The summed E-state index contributed by atoms with van der Waals surface area (Å²) in [5.41, 5.74) is 0. The van der Waals surface area contributed by atoms with E-state index >= 15 is 0 Å². The van der Waals surface area contributed by atoms with Gasteiger partial charge >= 0.3 is 0 Å². The molecule has 1 saturated carbocycles. The largest absolute Gasteiger partial charge is 0.377 e. The zero-order chi connectivity index (χ0) is 14.3. The highest BCUT2D eigenvalue weighted by Crippen LogP contribution is 2.30. The van der Waals surface area contributed by atoms with Crippen molar-refractivity contribution in [3.05, 3.63) is 0 Å². The average Bonchev–Trinajstić information content (AvgIpc) is 2.31. The third kappa shape index (κ3) is 7.94. The fourth-order valence-electron chi connectivity index (χ4n) is 3.23. The van der Waals surface area contributed by atoms with Crippen LogP contribution in [-0.2, 0) is 4.74 Å². The Balaban J connectivity index is 2.03. The van der Waals surface area contributed by atoms with Crippen molar-refractivity contribution in [2.45, 2.75) is 78.9 Å². The summed E-state index contributed by atoms with van der Waals surface area (Å²) in [6.07, 6.45) is 6.98. The molecule has 2 heteroatoms. The lowest BCUT2D eigenvalue weighted by Crippen LogP contribution is -2.32. The lowest BCUT2D eigenvalue weighted by atomic mass is 9.82. The molecule has 1 N–H and O–H groups in total. The molecule has 1 rings (SSSR count). The topological polar surface area (TPSA) is 21.3 Å². The van der Waals surface area contributed by atoms with Crippen LogP contribution >= 0.6 is 0 Å². The van der Waals surface area contributed by atoms with E-state index in [0.717, 1.165) is 30.9 Å². The van der Waals surface area contributed by atoms with Crippen molar-refractivity contribution in [3.8, 4) is 0 Å². The molecular formula is C17H35NO. The Hall–Kier alpha value is -0.0800. The van der Waals surface area contributed by atoms with Crippen LogP contribution in [0.2, 0.25) is 0 Å². The van der Waals surface area contributed by atoms with Gasteiger partial charge in [-0.2, -0.15) is 0 Å². The molecule has 2 nitrogen and oxygen atoms in total. The Morgan fingerprint density at radius 3 is 2.21 bits per heavy atom. The molecule has 0 aromatic carbocycles. The molecule has 3 unspecified atom stereocenters. The summed E-state index contributed by atoms with van der Waals surface area (Å²) in [5, 5.41) is 3.57. The van der Waals surface area contributed by atoms with Crippen LogP contribution in [0.3, 0.4) is 0 Å². The predicted octanol–water partition coefficient (Wildman–Crippen LogP) is 4.24. The molecule has 0 amide bonds. The molecule has 1 aliphatic rings. The molecule has 0 heterocycles. The summed E-state index contributed by atoms with van der Waals surface area (Å²) >= 11 is 0. The Morgan fingerprint density at radius 1 is 1.00 bits per heavy atom. The number of nitrogens with one attached hydrogen (secondary N) is 1. The summed E-state index contributed by atoms with van der Waals surface area (Å²) in [5.74, 6) is 2.49. The molecule has 0 radical (unpaired) electrons. The van der Waals surface area contributed by atoms with Crippen LogP contribution in [0.15, 0.2) is 0 Å². The number of rotatable bonds is 8. The minimum Gasteiger partial charge on any atom is -0.377 e. The van der Waals surface area contributed by atoms with Crippen molar-refractivity contribution < 1.29 is 4.74 Å². The summed E-state index contributed by atoms with van der Waals surface area (Å²) < 4.78 is 6.04. The monoisotopic (exact) mass is 269 g/mol. The third-order valence-corrected chi connectivity index (χ3v) is 4.26. The molecule has 0 spiro atoms. The average molecular weight is 269 g/mol. The first-order valence-electron chi connectivity index (χ1n) is 8.32. The molecule has 0 aliphatic heterocycles. The van der Waals surface area contributed by atoms with Gasteiger partial charge in [0.05, 0.1) is 12.7 Å². The van der Waals surface area contributed by atoms with Crippen LogP contribution in [0.25, 0.3) is 0 Å². The van der Waals surface area contributed by atoms with E-state index in [9.17, 15) is 0 Å². The van der Waals surface area contributed by atoms with Gasteiger partial charge in [-0.05, 0) is 56.8 Å². The van der Waals surface area contributed by atoms with Gasteiger partial charge in [-0.15, -0.1) is 0 Å². The maximum absolute atomic E-state index is 6.04. The van der Waals surface area contributed by atoms with Crippen molar-refractivity contribution in [3.63, 3.8) is 0 Å². The van der Waals surface area contributed by atoms with Crippen LogP contribution in [0.5, 0.6) is 0 Å². The van der Waals surface area contributed by atoms with Crippen molar-refractivity contribution in [1.82, 2.24) is 5.32 Å². The highest BCUT2D eigenvalue weighted by Gasteiger charge is 2.24. The molecule has 0 bridgehead atoms. The van der Waals surface area contributed by atoms with Gasteiger partial charge in [0.15, 0.2) is 0 Å². The van der Waals surface area contributed by atoms with Gasteiger partial charge < -0.3 is 10.1 Å². The zero-order valence-electron chi connectivity index (χ0n) is 13.7. The quantitative estimate of drug-likeness (QED) is 0.665. The lowest BCUT2D eigenvalue weighted by Gasteiger charge is -2.31.